The zero-order valence-corrected chi connectivity index (χ0v) is 24.5. The molecule has 0 saturated heterocycles. The summed E-state index contributed by atoms with van der Waals surface area (Å²) in [7, 11) is 0. The third-order valence-corrected chi connectivity index (χ3v) is 8.15. The van der Waals surface area contributed by atoms with E-state index in [9.17, 15) is 27.6 Å². The predicted octanol–water partition coefficient (Wildman–Crippen LogP) is 6.75. The lowest BCUT2D eigenvalue weighted by atomic mass is 9.71. The van der Waals surface area contributed by atoms with Crippen molar-refractivity contribution in [2.24, 2.45) is 11.3 Å². The van der Waals surface area contributed by atoms with E-state index in [1.54, 1.807) is 23.1 Å². The SMILES string of the molecule is CC(C)(C)C1CCC(N(C(=O)Nc2ccccc2OC(F)(F)F)C2CCOc3cc(C(=O)NCCC(=O)O)ccc32)CC1. The van der Waals surface area contributed by atoms with Crippen molar-refractivity contribution in [3.63, 3.8) is 0 Å². The molecule has 1 aliphatic carbocycles. The molecule has 0 bridgehead atoms. The quantitative estimate of drug-likeness (QED) is 0.306. The zero-order valence-electron chi connectivity index (χ0n) is 24.5. The summed E-state index contributed by atoms with van der Waals surface area (Å²) >= 11 is 0. The first-order valence-corrected chi connectivity index (χ1v) is 14.4. The lowest BCUT2D eigenvalue weighted by molar-refractivity contribution is -0.274. The smallest absolute Gasteiger partial charge is 0.493 e. The number of ether oxygens (including phenoxy) is 2. The highest BCUT2D eigenvalue weighted by molar-refractivity contribution is 5.95. The van der Waals surface area contributed by atoms with Crippen LogP contribution in [0.3, 0.4) is 0 Å². The number of amides is 3. The minimum Gasteiger partial charge on any atom is -0.493 e. The molecule has 1 heterocycles. The number of urea groups is 1. The molecule has 1 fully saturated rings. The number of halogens is 3. The molecule has 2 aromatic carbocycles. The van der Waals surface area contributed by atoms with Crippen LogP contribution in [0, 0.1) is 11.3 Å². The number of nitrogens with zero attached hydrogens (tertiary/aromatic N) is 1. The predicted molar refractivity (Wildman–Crippen MR) is 153 cm³/mol. The molecule has 0 aromatic heterocycles. The number of carboxylic acid groups (broad SMARTS) is 1. The van der Waals surface area contributed by atoms with E-state index in [4.69, 9.17) is 9.84 Å². The van der Waals surface area contributed by atoms with Crippen LogP contribution in [0.15, 0.2) is 42.5 Å². The molecule has 3 amide bonds. The zero-order chi connectivity index (χ0) is 31.4. The van der Waals surface area contributed by atoms with E-state index in [2.05, 4.69) is 36.1 Å². The van der Waals surface area contributed by atoms with Gasteiger partial charge in [0.15, 0.2) is 5.75 Å². The first kappa shape index (κ1) is 32.0. The topological polar surface area (TPSA) is 117 Å². The van der Waals surface area contributed by atoms with Gasteiger partial charge in [-0.25, -0.2) is 4.79 Å². The molecule has 2 aromatic rings. The second-order valence-electron chi connectivity index (χ2n) is 12.1. The molecule has 43 heavy (non-hydrogen) atoms. The van der Waals surface area contributed by atoms with Gasteiger partial charge in [-0.15, -0.1) is 13.2 Å². The second-order valence-corrected chi connectivity index (χ2v) is 12.1. The molecule has 3 N–H and O–H groups in total. The maximum absolute atomic E-state index is 14.0. The van der Waals surface area contributed by atoms with Crippen molar-refractivity contribution in [3.8, 4) is 11.5 Å². The Morgan fingerprint density at radius 1 is 1.02 bits per heavy atom. The molecule has 0 spiro atoms. The standard InChI is InChI=1S/C31H38F3N3O6/c1-30(2,3)20-9-11-21(12-10-20)37(29(41)36-23-6-4-5-7-25(23)43-31(32,33)34)24-15-17-42-26-18-19(8-13-22(24)26)28(40)35-16-14-27(38)39/h4-8,13,18,20-21,24H,9-12,14-17H2,1-3H3,(H,35,40)(H,36,41)(H,38,39). The Labute approximate surface area is 248 Å². The number of alkyl halides is 3. The van der Waals surface area contributed by atoms with Crippen LogP contribution >= 0.6 is 0 Å². The lowest BCUT2D eigenvalue weighted by Crippen LogP contribution is -2.48. The van der Waals surface area contributed by atoms with Crippen molar-refractivity contribution >= 4 is 23.6 Å². The van der Waals surface area contributed by atoms with Crippen LogP contribution in [0.1, 0.15) is 81.3 Å². The van der Waals surface area contributed by atoms with E-state index in [0.29, 0.717) is 23.7 Å². The van der Waals surface area contributed by atoms with Crippen molar-refractivity contribution in [2.75, 3.05) is 18.5 Å². The van der Waals surface area contributed by atoms with E-state index in [-0.39, 0.29) is 42.3 Å². The fourth-order valence-electron chi connectivity index (χ4n) is 5.93. The van der Waals surface area contributed by atoms with E-state index in [1.807, 2.05) is 0 Å². The number of carbonyl (C=O) groups is 3. The molecule has 2 aliphatic rings. The maximum Gasteiger partial charge on any atom is 0.573 e. The molecule has 234 valence electrons. The van der Waals surface area contributed by atoms with Crippen LogP contribution < -0.4 is 20.1 Å². The number of hydrogen-bond donors (Lipinski definition) is 3. The van der Waals surface area contributed by atoms with Gasteiger partial charge in [0.05, 0.1) is 24.8 Å². The van der Waals surface area contributed by atoms with E-state index >= 15 is 0 Å². The van der Waals surface area contributed by atoms with Crippen molar-refractivity contribution in [2.45, 2.75) is 77.7 Å². The van der Waals surface area contributed by atoms with Crippen molar-refractivity contribution < 1.29 is 42.1 Å². The summed E-state index contributed by atoms with van der Waals surface area (Å²) in [6.45, 7) is 6.83. The number of para-hydroxylation sites is 2. The Kier molecular flexibility index (Phi) is 9.76. The Bertz CT molecular complexity index is 1320. The number of nitrogens with one attached hydrogen (secondary N) is 2. The summed E-state index contributed by atoms with van der Waals surface area (Å²) in [5, 5.41) is 14.1. The first-order valence-electron chi connectivity index (χ1n) is 14.4. The summed E-state index contributed by atoms with van der Waals surface area (Å²) in [5.41, 5.74) is 0.975. The number of hydrogen-bond acceptors (Lipinski definition) is 5. The minimum atomic E-state index is -4.93. The van der Waals surface area contributed by atoms with Gasteiger partial charge in [0.25, 0.3) is 5.91 Å². The van der Waals surface area contributed by atoms with Gasteiger partial charge in [-0.05, 0) is 61.3 Å². The van der Waals surface area contributed by atoms with Gasteiger partial charge in [-0.3, -0.25) is 9.59 Å². The number of carbonyl (C=O) groups excluding carboxylic acids is 2. The summed E-state index contributed by atoms with van der Waals surface area (Å²) in [4.78, 5) is 39.1. The van der Waals surface area contributed by atoms with Gasteiger partial charge in [-0.2, -0.15) is 0 Å². The van der Waals surface area contributed by atoms with Gasteiger partial charge in [-0.1, -0.05) is 39.0 Å². The fourth-order valence-corrected chi connectivity index (χ4v) is 5.93. The number of anilines is 1. The normalized spacial score (nSPS) is 20.3. The van der Waals surface area contributed by atoms with Crippen LogP contribution in [0.25, 0.3) is 0 Å². The number of benzene rings is 2. The Morgan fingerprint density at radius 3 is 2.37 bits per heavy atom. The van der Waals surface area contributed by atoms with Crippen molar-refractivity contribution in [1.82, 2.24) is 10.2 Å². The summed E-state index contributed by atoms with van der Waals surface area (Å²) in [5.74, 6) is -1.10. The lowest BCUT2D eigenvalue weighted by Gasteiger charge is -2.45. The van der Waals surface area contributed by atoms with Gasteiger partial charge in [0.2, 0.25) is 0 Å². The second kappa shape index (κ2) is 13.1. The molecule has 4 rings (SSSR count). The largest absolute Gasteiger partial charge is 0.573 e. The Hall–Kier alpha value is -3.96. The van der Waals surface area contributed by atoms with Crippen LogP contribution in [0.2, 0.25) is 0 Å². The van der Waals surface area contributed by atoms with Crippen LogP contribution in [0.4, 0.5) is 23.7 Å². The highest BCUT2D eigenvalue weighted by Gasteiger charge is 2.40. The summed E-state index contributed by atoms with van der Waals surface area (Å²) in [6.07, 6.45) is -1.43. The molecule has 1 unspecified atom stereocenters. The molecule has 12 heteroatoms. The highest BCUT2D eigenvalue weighted by Crippen LogP contribution is 2.44. The van der Waals surface area contributed by atoms with Gasteiger partial charge < -0.3 is 30.1 Å². The number of carboxylic acids is 1. The summed E-state index contributed by atoms with van der Waals surface area (Å²) < 4.78 is 49.3. The highest BCUT2D eigenvalue weighted by atomic mass is 19.4. The van der Waals surface area contributed by atoms with Crippen LogP contribution in [-0.2, 0) is 4.79 Å². The monoisotopic (exact) mass is 605 g/mol. The number of aliphatic carboxylic acids is 1. The Morgan fingerprint density at radius 2 is 1.72 bits per heavy atom. The third-order valence-electron chi connectivity index (χ3n) is 8.15. The third kappa shape index (κ3) is 8.32. The van der Waals surface area contributed by atoms with E-state index < -0.39 is 36.1 Å². The number of rotatable bonds is 8. The van der Waals surface area contributed by atoms with Crippen LogP contribution in [-0.4, -0.2) is 53.5 Å². The molecule has 9 nitrogen and oxygen atoms in total. The molecule has 1 saturated carbocycles. The van der Waals surface area contributed by atoms with Crippen molar-refractivity contribution in [1.29, 1.82) is 0 Å². The minimum absolute atomic E-state index is 0.0283. The maximum atomic E-state index is 14.0. The van der Waals surface area contributed by atoms with Crippen molar-refractivity contribution in [3.05, 3.63) is 53.6 Å². The summed E-state index contributed by atoms with van der Waals surface area (Å²) in [6, 6.07) is 9.11. The average Bonchev–Trinajstić information content (AvgIpc) is 2.93. The van der Waals surface area contributed by atoms with Gasteiger partial charge in [0.1, 0.15) is 5.75 Å². The first-order chi connectivity index (χ1) is 20.2. The van der Waals surface area contributed by atoms with Gasteiger partial charge in [0, 0.05) is 30.1 Å². The molecular formula is C31H38F3N3O6. The molecule has 1 atom stereocenters. The van der Waals surface area contributed by atoms with Crippen LogP contribution in [0.5, 0.6) is 11.5 Å². The molecule has 0 radical (unpaired) electrons. The Balaban J connectivity index is 1.63. The molecular weight excluding hydrogens is 567 g/mol. The average molecular weight is 606 g/mol. The fraction of sp³-hybridized carbons (Fsp3) is 0.516. The number of fused-ring (bicyclic) bond motifs is 1. The van der Waals surface area contributed by atoms with E-state index in [1.165, 1.54) is 18.2 Å². The molecule has 1 aliphatic heterocycles. The van der Waals surface area contributed by atoms with E-state index in [0.717, 1.165) is 31.7 Å². The van der Waals surface area contributed by atoms with Gasteiger partial charge >= 0.3 is 18.4 Å².